The SMILES string of the molecule is CCCC(C)c1c(-c2ccc(F)cc2)nn2ccccc12. The first-order chi connectivity index (χ1) is 10.2. The zero-order chi connectivity index (χ0) is 14.8. The number of halogens is 1. The summed E-state index contributed by atoms with van der Waals surface area (Å²) in [5, 5.41) is 4.71. The number of nitrogens with zero attached hydrogens (tertiary/aromatic N) is 2. The Balaban J connectivity index is 2.21. The molecule has 2 nitrogen and oxygen atoms in total. The van der Waals surface area contributed by atoms with Crippen LogP contribution in [0, 0.1) is 5.82 Å². The van der Waals surface area contributed by atoms with E-state index in [1.165, 1.54) is 17.7 Å². The summed E-state index contributed by atoms with van der Waals surface area (Å²) in [7, 11) is 0. The van der Waals surface area contributed by atoms with Crippen LogP contribution in [0.4, 0.5) is 4.39 Å². The third-order valence-electron chi connectivity index (χ3n) is 3.91. The zero-order valence-corrected chi connectivity index (χ0v) is 12.4. The van der Waals surface area contributed by atoms with Gasteiger partial charge in [-0.1, -0.05) is 26.3 Å². The topological polar surface area (TPSA) is 17.3 Å². The molecule has 0 bridgehead atoms. The van der Waals surface area contributed by atoms with Gasteiger partial charge in [-0.25, -0.2) is 8.91 Å². The molecule has 21 heavy (non-hydrogen) atoms. The summed E-state index contributed by atoms with van der Waals surface area (Å²) in [5.41, 5.74) is 4.32. The van der Waals surface area contributed by atoms with Gasteiger partial charge in [0.1, 0.15) is 5.82 Å². The van der Waals surface area contributed by atoms with E-state index >= 15 is 0 Å². The molecule has 0 radical (unpaired) electrons. The molecule has 2 heterocycles. The van der Waals surface area contributed by atoms with E-state index in [0.717, 1.165) is 29.6 Å². The van der Waals surface area contributed by atoms with Crippen molar-refractivity contribution in [1.82, 2.24) is 9.61 Å². The van der Waals surface area contributed by atoms with Gasteiger partial charge in [0.05, 0.1) is 11.2 Å². The van der Waals surface area contributed by atoms with E-state index in [2.05, 4.69) is 19.9 Å². The number of pyridine rings is 1. The summed E-state index contributed by atoms with van der Waals surface area (Å²) in [5.74, 6) is 0.209. The van der Waals surface area contributed by atoms with Crippen LogP contribution in [0.25, 0.3) is 16.8 Å². The van der Waals surface area contributed by atoms with Crippen molar-refractivity contribution in [3.05, 3.63) is 60.0 Å². The highest BCUT2D eigenvalue weighted by Crippen LogP contribution is 2.34. The molecule has 0 aliphatic heterocycles. The molecule has 0 saturated carbocycles. The number of benzene rings is 1. The second-order valence-electron chi connectivity index (χ2n) is 5.49. The van der Waals surface area contributed by atoms with E-state index in [1.807, 2.05) is 22.8 Å². The Morgan fingerprint density at radius 3 is 2.62 bits per heavy atom. The smallest absolute Gasteiger partial charge is 0.123 e. The molecule has 1 aromatic carbocycles. The van der Waals surface area contributed by atoms with Crippen LogP contribution in [-0.2, 0) is 0 Å². The highest BCUT2D eigenvalue weighted by Gasteiger charge is 2.19. The van der Waals surface area contributed by atoms with Crippen LogP contribution >= 0.6 is 0 Å². The second kappa shape index (κ2) is 5.68. The minimum Gasteiger partial charge on any atom is -0.240 e. The molecule has 0 aliphatic carbocycles. The highest BCUT2D eigenvalue weighted by molar-refractivity contribution is 5.73. The van der Waals surface area contributed by atoms with Gasteiger partial charge >= 0.3 is 0 Å². The van der Waals surface area contributed by atoms with Crippen LogP contribution in [0.2, 0.25) is 0 Å². The van der Waals surface area contributed by atoms with Crippen molar-refractivity contribution < 1.29 is 4.39 Å². The second-order valence-corrected chi connectivity index (χ2v) is 5.49. The minimum absolute atomic E-state index is 0.217. The molecular weight excluding hydrogens is 263 g/mol. The highest BCUT2D eigenvalue weighted by atomic mass is 19.1. The van der Waals surface area contributed by atoms with Gasteiger partial charge in [0, 0.05) is 17.3 Å². The minimum atomic E-state index is -0.217. The van der Waals surface area contributed by atoms with Crippen molar-refractivity contribution in [2.75, 3.05) is 0 Å². The summed E-state index contributed by atoms with van der Waals surface area (Å²) < 4.78 is 15.1. The first-order valence-electron chi connectivity index (χ1n) is 7.44. The van der Waals surface area contributed by atoms with E-state index in [1.54, 1.807) is 12.1 Å². The first kappa shape index (κ1) is 13.8. The van der Waals surface area contributed by atoms with Crippen molar-refractivity contribution in [2.24, 2.45) is 0 Å². The van der Waals surface area contributed by atoms with Crippen molar-refractivity contribution in [2.45, 2.75) is 32.6 Å². The van der Waals surface area contributed by atoms with Gasteiger partial charge in [0.15, 0.2) is 0 Å². The van der Waals surface area contributed by atoms with Crippen molar-refractivity contribution in [1.29, 1.82) is 0 Å². The standard InChI is InChI=1S/C18H19FN2/c1-3-6-13(2)17-16-7-4-5-12-21(16)20-18(17)14-8-10-15(19)11-9-14/h4-5,7-13H,3,6H2,1-2H3. The number of hydrogen-bond donors (Lipinski definition) is 0. The molecule has 0 N–H and O–H groups in total. The van der Waals surface area contributed by atoms with Gasteiger partial charge < -0.3 is 0 Å². The maximum atomic E-state index is 13.2. The molecule has 0 amide bonds. The summed E-state index contributed by atoms with van der Waals surface area (Å²) in [6, 6.07) is 12.7. The molecule has 3 heteroatoms. The molecule has 0 aliphatic rings. The molecule has 0 spiro atoms. The summed E-state index contributed by atoms with van der Waals surface area (Å²) in [6.45, 7) is 4.43. The van der Waals surface area contributed by atoms with Gasteiger partial charge in [0.2, 0.25) is 0 Å². The molecule has 108 valence electrons. The molecule has 1 unspecified atom stereocenters. The Morgan fingerprint density at radius 2 is 1.90 bits per heavy atom. The molecule has 0 fully saturated rings. The molecule has 3 aromatic rings. The Kier molecular flexibility index (Phi) is 3.74. The number of aromatic nitrogens is 2. The van der Waals surface area contributed by atoms with Gasteiger partial charge in [-0.15, -0.1) is 0 Å². The lowest BCUT2D eigenvalue weighted by atomic mass is 9.92. The van der Waals surface area contributed by atoms with E-state index < -0.39 is 0 Å². The predicted molar refractivity (Wildman–Crippen MR) is 83.9 cm³/mol. The lowest BCUT2D eigenvalue weighted by Gasteiger charge is -2.11. The average Bonchev–Trinajstić information content (AvgIpc) is 2.87. The number of fused-ring (bicyclic) bond motifs is 1. The lowest BCUT2D eigenvalue weighted by molar-refractivity contribution is 0.628. The fraction of sp³-hybridized carbons (Fsp3) is 0.278. The van der Waals surface area contributed by atoms with Gasteiger partial charge in [0.25, 0.3) is 0 Å². The molecule has 1 atom stereocenters. The summed E-state index contributed by atoms with van der Waals surface area (Å²) >= 11 is 0. The third kappa shape index (κ3) is 2.56. The molecule has 2 aromatic heterocycles. The van der Waals surface area contributed by atoms with Crippen LogP contribution in [0.1, 0.15) is 38.2 Å². The van der Waals surface area contributed by atoms with Gasteiger partial charge in [-0.2, -0.15) is 5.10 Å². The first-order valence-corrected chi connectivity index (χ1v) is 7.44. The molecule has 3 rings (SSSR count). The lowest BCUT2D eigenvalue weighted by Crippen LogP contribution is -1.95. The summed E-state index contributed by atoms with van der Waals surface area (Å²) in [4.78, 5) is 0. The quantitative estimate of drug-likeness (QED) is 0.655. The Labute approximate surface area is 124 Å². The number of rotatable bonds is 4. The Bertz CT molecular complexity index is 744. The normalized spacial score (nSPS) is 12.7. The predicted octanol–water partition coefficient (Wildman–Crippen LogP) is 5.04. The van der Waals surface area contributed by atoms with E-state index in [-0.39, 0.29) is 5.82 Å². The van der Waals surface area contributed by atoms with Crippen LogP contribution in [0.5, 0.6) is 0 Å². The van der Waals surface area contributed by atoms with Crippen molar-refractivity contribution in [3.63, 3.8) is 0 Å². The van der Waals surface area contributed by atoms with Crippen molar-refractivity contribution in [3.8, 4) is 11.3 Å². The van der Waals surface area contributed by atoms with Crippen molar-refractivity contribution >= 4 is 5.52 Å². The van der Waals surface area contributed by atoms with Crippen LogP contribution in [0.3, 0.4) is 0 Å². The summed E-state index contributed by atoms with van der Waals surface area (Å²) in [6.07, 6.45) is 4.21. The van der Waals surface area contributed by atoms with Gasteiger partial charge in [-0.05, 0) is 48.7 Å². The van der Waals surface area contributed by atoms with Crippen LogP contribution in [0.15, 0.2) is 48.7 Å². The van der Waals surface area contributed by atoms with Crippen LogP contribution in [-0.4, -0.2) is 9.61 Å². The Morgan fingerprint density at radius 1 is 1.14 bits per heavy atom. The third-order valence-corrected chi connectivity index (χ3v) is 3.91. The Hall–Kier alpha value is -2.16. The van der Waals surface area contributed by atoms with Crippen LogP contribution < -0.4 is 0 Å². The average molecular weight is 282 g/mol. The largest absolute Gasteiger partial charge is 0.240 e. The number of hydrogen-bond acceptors (Lipinski definition) is 1. The zero-order valence-electron chi connectivity index (χ0n) is 12.4. The van der Waals surface area contributed by atoms with E-state index in [9.17, 15) is 4.39 Å². The van der Waals surface area contributed by atoms with E-state index in [0.29, 0.717) is 5.92 Å². The monoisotopic (exact) mass is 282 g/mol. The van der Waals surface area contributed by atoms with E-state index in [4.69, 9.17) is 5.10 Å². The maximum absolute atomic E-state index is 13.2. The fourth-order valence-corrected chi connectivity index (χ4v) is 2.90. The fourth-order valence-electron chi connectivity index (χ4n) is 2.90. The molecule has 0 saturated heterocycles. The maximum Gasteiger partial charge on any atom is 0.123 e. The molecular formula is C18H19FN2. The van der Waals surface area contributed by atoms with Gasteiger partial charge in [-0.3, -0.25) is 0 Å².